The molecule has 0 radical (unpaired) electrons. The van der Waals surface area contributed by atoms with Gasteiger partial charge in [0.1, 0.15) is 17.2 Å². The van der Waals surface area contributed by atoms with E-state index in [0.717, 1.165) is 28.3 Å². The maximum Gasteiger partial charge on any atom is 0.240 e. The molecule has 0 saturated carbocycles. The second-order valence-corrected chi connectivity index (χ2v) is 10.2. The number of aromatic hydroxyl groups is 1. The first kappa shape index (κ1) is 15.7. The Hall–Kier alpha value is -1.68. The number of hydrogen-bond donors (Lipinski definition) is 1. The average Bonchev–Trinajstić information content (AvgIpc) is 2.43. The van der Waals surface area contributed by atoms with Crippen molar-refractivity contribution in [3.8, 4) is 17.2 Å². The fourth-order valence-corrected chi connectivity index (χ4v) is 4.77. The van der Waals surface area contributed by atoms with Crippen LogP contribution in [-0.4, -0.2) is 21.3 Å². The van der Waals surface area contributed by atoms with Gasteiger partial charge in [0.25, 0.3) is 0 Å². The summed E-state index contributed by atoms with van der Waals surface area (Å²) in [6, 6.07) is 10.3. The zero-order chi connectivity index (χ0) is 15.6. The lowest BCUT2D eigenvalue weighted by Gasteiger charge is -2.29. The van der Waals surface area contributed by atoms with Crippen LogP contribution in [0.2, 0.25) is 11.1 Å². The highest BCUT2D eigenvalue weighted by molar-refractivity contribution is 6.56. The van der Waals surface area contributed by atoms with Gasteiger partial charge in [-0.1, -0.05) is 33.8 Å². The Labute approximate surface area is 128 Å². The Bertz CT molecular complexity index is 632. The van der Waals surface area contributed by atoms with Crippen molar-refractivity contribution in [1.29, 1.82) is 0 Å². The van der Waals surface area contributed by atoms with Crippen molar-refractivity contribution >= 4 is 19.8 Å². The predicted molar refractivity (Wildman–Crippen MR) is 90.1 cm³/mol. The van der Waals surface area contributed by atoms with E-state index in [4.69, 9.17) is 9.16 Å². The first-order valence-electron chi connectivity index (χ1n) is 7.32. The summed E-state index contributed by atoms with van der Waals surface area (Å²) in [5, 5.41) is 11.9. The molecule has 2 rings (SSSR count). The van der Waals surface area contributed by atoms with Crippen LogP contribution in [-0.2, 0) is 0 Å². The van der Waals surface area contributed by atoms with E-state index >= 15 is 0 Å². The summed E-state index contributed by atoms with van der Waals surface area (Å²) in [5.41, 5.74) is 0. The third kappa shape index (κ3) is 3.50. The number of phenols is 1. The van der Waals surface area contributed by atoms with Gasteiger partial charge in [0.2, 0.25) is 9.04 Å². The second-order valence-electron chi connectivity index (χ2n) is 6.41. The molecule has 0 bridgehead atoms. The van der Waals surface area contributed by atoms with Crippen molar-refractivity contribution in [2.24, 2.45) is 0 Å². The summed E-state index contributed by atoms with van der Waals surface area (Å²) in [5.74, 6) is 1.85. The minimum Gasteiger partial charge on any atom is -0.545 e. The molecule has 0 amide bonds. The summed E-state index contributed by atoms with van der Waals surface area (Å²) in [4.78, 5) is 0. The SMILES string of the molecule is CC[SiH](Oc1cc(OC)cc2ccc(O)cc12)C(C)(C)C. The average molecular weight is 304 g/mol. The molecule has 1 atom stereocenters. The zero-order valence-electron chi connectivity index (χ0n) is 13.4. The van der Waals surface area contributed by atoms with Gasteiger partial charge in [-0.25, -0.2) is 0 Å². The molecule has 0 saturated heterocycles. The molecular weight excluding hydrogens is 280 g/mol. The Morgan fingerprint density at radius 2 is 1.86 bits per heavy atom. The molecule has 21 heavy (non-hydrogen) atoms. The molecule has 1 N–H and O–H groups in total. The highest BCUT2D eigenvalue weighted by Crippen LogP contribution is 2.37. The van der Waals surface area contributed by atoms with E-state index in [1.807, 2.05) is 18.2 Å². The van der Waals surface area contributed by atoms with E-state index < -0.39 is 9.04 Å². The highest BCUT2D eigenvalue weighted by Gasteiger charge is 2.28. The maximum atomic E-state index is 9.76. The quantitative estimate of drug-likeness (QED) is 0.847. The van der Waals surface area contributed by atoms with Crippen LogP contribution in [0.5, 0.6) is 17.2 Å². The zero-order valence-corrected chi connectivity index (χ0v) is 14.6. The molecule has 0 aliphatic carbocycles. The van der Waals surface area contributed by atoms with Crippen molar-refractivity contribution in [3.05, 3.63) is 30.3 Å². The number of hydrogen-bond acceptors (Lipinski definition) is 3. The van der Waals surface area contributed by atoms with Crippen molar-refractivity contribution in [2.45, 2.75) is 38.8 Å². The summed E-state index contributed by atoms with van der Waals surface area (Å²) in [6.45, 7) is 8.87. The second kappa shape index (κ2) is 5.98. The minimum absolute atomic E-state index is 0.182. The number of ether oxygens (including phenoxy) is 1. The summed E-state index contributed by atoms with van der Waals surface area (Å²) < 4.78 is 11.8. The highest BCUT2D eigenvalue weighted by atomic mass is 28.3. The first-order chi connectivity index (χ1) is 9.85. The van der Waals surface area contributed by atoms with Gasteiger partial charge in [0.15, 0.2) is 0 Å². The van der Waals surface area contributed by atoms with Gasteiger partial charge in [0, 0.05) is 11.5 Å². The van der Waals surface area contributed by atoms with Gasteiger partial charge in [-0.05, 0) is 34.7 Å². The Kier molecular flexibility index (Phi) is 4.47. The molecule has 4 heteroatoms. The smallest absolute Gasteiger partial charge is 0.240 e. The van der Waals surface area contributed by atoms with E-state index in [9.17, 15) is 5.11 Å². The maximum absolute atomic E-state index is 9.76. The van der Waals surface area contributed by atoms with Crippen molar-refractivity contribution in [3.63, 3.8) is 0 Å². The van der Waals surface area contributed by atoms with E-state index in [0.29, 0.717) is 0 Å². The van der Waals surface area contributed by atoms with E-state index in [2.05, 4.69) is 27.7 Å². The summed E-state index contributed by atoms with van der Waals surface area (Å²) in [7, 11) is 0.237. The number of phenolic OH excluding ortho intramolecular Hbond substituents is 1. The topological polar surface area (TPSA) is 38.7 Å². The standard InChI is InChI=1S/C17H24O3Si/c1-6-21(17(2,3)4)20-16-11-14(19-5)9-12-7-8-13(18)10-15(12)16/h7-11,18,21H,6H2,1-5H3. The molecule has 2 aromatic carbocycles. The van der Waals surface area contributed by atoms with Gasteiger partial charge >= 0.3 is 0 Å². The third-order valence-electron chi connectivity index (χ3n) is 3.72. The van der Waals surface area contributed by atoms with Crippen LogP contribution in [0.15, 0.2) is 30.3 Å². The molecule has 0 aliphatic rings. The van der Waals surface area contributed by atoms with Crippen molar-refractivity contribution < 1.29 is 14.3 Å². The molecule has 0 heterocycles. The summed E-state index contributed by atoms with van der Waals surface area (Å²) >= 11 is 0. The lowest BCUT2D eigenvalue weighted by molar-refractivity contribution is 0.412. The van der Waals surface area contributed by atoms with Gasteiger partial charge in [-0.15, -0.1) is 0 Å². The van der Waals surface area contributed by atoms with Crippen molar-refractivity contribution in [1.82, 2.24) is 0 Å². The number of rotatable bonds is 4. The van der Waals surface area contributed by atoms with E-state index in [1.54, 1.807) is 19.2 Å². The number of fused-ring (bicyclic) bond motifs is 1. The third-order valence-corrected chi connectivity index (χ3v) is 6.93. The van der Waals surface area contributed by atoms with Crippen LogP contribution in [0.4, 0.5) is 0 Å². The van der Waals surface area contributed by atoms with Crippen LogP contribution in [0, 0.1) is 0 Å². The molecule has 3 nitrogen and oxygen atoms in total. The van der Waals surface area contributed by atoms with Gasteiger partial charge in [-0.3, -0.25) is 0 Å². The number of methoxy groups -OCH3 is 1. The van der Waals surface area contributed by atoms with E-state index in [-0.39, 0.29) is 10.8 Å². The van der Waals surface area contributed by atoms with Crippen LogP contribution in [0.25, 0.3) is 10.8 Å². The van der Waals surface area contributed by atoms with Crippen LogP contribution >= 0.6 is 0 Å². The fraction of sp³-hybridized carbons (Fsp3) is 0.412. The van der Waals surface area contributed by atoms with Crippen LogP contribution in [0.1, 0.15) is 27.7 Å². The molecule has 114 valence electrons. The Morgan fingerprint density at radius 3 is 2.43 bits per heavy atom. The molecular formula is C17H24O3Si. The minimum atomic E-state index is -1.42. The molecule has 0 aliphatic heterocycles. The monoisotopic (exact) mass is 304 g/mol. The van der Waals surface area contributed by atoms with Crippen LogP contribution in [0.3, 0.4) is 0 Å². The molecule has 0 fully saturated rings. The first-order valence-corrected chi connectivity index (χ1v) is 9.19. The van der Waals surface area contributed by atoms with Gasteiger partial charge in [0.05, 0.1) is 7.11 Å². The largest absolute Gasteiger partial charge is 0.545 e. The van der Waals surface area contributed by atoms with E-state index in [1.165, 1.54) is 0 Å². The molecule has 0 aromatic heterocycles. The van der Waals surface area contributed by atoms with Crippen LogP contribution < -0.4 is 9.16 Å². The normalized spacial score (nSPS) is 13.2. The van der Waals surface area contributed by atoms with Gasteiger partial charge in [-0.2, -0.15) is 0 Å². The molecule has 2 aromatic rings. The Morgan fingerprint density at radius 1 is 1.14 bits per heavy atom. The van der Waals surface area contributed by atoms with Gasteiger partial charge < -0.3 is 14.3 Å². The van der Waals surface area contributed by atoms with Crippen molar-refractivity contribution in [2.75, 3.05) is 7.11 Å². The molecule has 0 spiro atoms. The fourth-order valence-electron chi connectivity index (χ4n) is 2.53. The lowest BCUT2D eigenvalue weighted by atomic mass is 10.1. The predicted octanol–water partition coefficient (Wildman–Crippen LogP) is 4.48. The lowest BCUT2D eigenvalue weighted by Crippen LogP contribution is -2.31. The number of benzene rings is 2. The Balaban J connectivity index is 2.52. The summed E-state index contributed by atoms with van der Waals surface area (Å²) in [6.07, 6.45) is 0. The molecule has 1 unspecified atom stereocenters.